The summed E-state index contributed by atoms with van der Waals surface area (Å²) in [6.07, 6.45) is 12.3. The van der Waals surface area contributed by atoms with Crippen molar-refractivity contribution < 1.29 is 0 Å². The van der Waals surface area contributed by atoms with Crippen LogP contribution in [0.3, 0.4) is 0 Å². The van der Waals surface area contributed by atoms with Crippen LogP contribution < -0.4 is 5.32 Å². The summed E-state index contributed by atoms with van der Waals surface area (Å²) >= 11 is 0. The summed E-state index contributed by atoms with van der Waals surface area (Å²) < 4.78 is 0. The average Bonchev–Trinajstić information content (AvgIpc) is 2.47. The molecule has 0 bridgehead atoms. The van der Waals surface area contributed by atoms with E-state index in [4.69, 9.17) is 0 Å². The Labute approximate surface area is 124 Å². The lowest BCUT2D eigenvalue weighted by molar-refractivity contribution is 0.215. The number of hydrogen-bond acceptors (Lipinski definition) is 2. The van der Waals surface area contributed by atoms with E-state index in [0.717, 1.165) is 18.4 Å². The summed E-state index contributed by atoms with van der Waals surface area (Å²) in [5.41, 5.74) is 2.79. The summed E-state index contributed by atoms with van der Waals surface area (Å²) in [5.74, 6) is 1.76. The van der Waals surface area contributed by atoms with E-state index in [1.54, 1.807) is 0 Å². The van der Waals surface area contributed by atoms with Gasteiger partial charge in [0.15, 0.2) is 0 Å². The Morgan fingerprint density at radius 3 is 2.60 bits per heavy atom. The van der Waals surface area contributed by atoms with E-state index in [9.17, 15) is 0 Å². The summed E-state index contributed by atoms with van der Waals surface area (Å²) in [5, 5.41) is 3.72. The number of pyridine rings is 1. The first-order chi connectivity index (χ1) is 9.76. The number of aromatic nitrogens is 1. The van der Waals surface area contributed by atoms with Crippen molar-refractivity contribution in [2.75, 3.05) is 6.54 Å². The van der Waals surface area contributed by atoms with Gasteiger partial charge < -0.3 is 5.32 Å². The molecule has 1 saturated carbocycles. The number of rotatable bonds is 6. The summed E-state index contributed by atoms with van der Waals surface area (Å²) in [6, 6.07) is 2.64. The predicted octanol–water partition coefficient (Wildman–Crippen LogP) is 4.65. The molecule has 1 aromatic rings. The van der Waals surface area contributed by atoms with Gasteiger partial charge in [-0.1, -0.05) is 39.5 Å². The molecule has 0 spiro atoms. The first-order valence-corrected chi connectivity index (χ1v) is 8.40. The minimum atomic E-state index is 0.497. The van der Waals surface area contributed by atoms with Gasteiger partial charge in [0.05, 0.1) is 0 Å². The molecule has 0 saturated heterocycles. The highest BCUT2D eigenvalue weighted by molar-refractivity contribution is 5.25. The smallest absolute Gasteiger partial charge is 0.0366 e. The van der Waals surface area contributed by atoms with E-state index in [1.807, 2.05) is 6.20 Å². The number of nitrogens with zero attached hydrogens (tertiary/aromatic N) is 1. The first-order valence-electron chi connectivity index (χ1n) is 8.40. The van der Waals surface area contributed by atoms with E-state index in [-0.39, 0.29) is 0 Å². The molecule has 0 amide bonds. The third-order valence-electron chi connectivity index (χ3n) is 4.90. The van der Waals surface area contributed by atoms with Crippen LogP contribution >= 0.6 is 0 Å². The van der Waals surface area contributed by atoms with Crippen LogP contribution in [0.2, 0.25) is 0 Å². The zero-order valence-corrected chi connectivity index (χ0v) is 13.4. The van der Waals surface area contributed by atoms with Gasteiger partial charge in [-0.25, -0.2) is 0 Å². The maximum atomic E-state index is 4.35. The normalized spacial score (nSPS) is 24.6. The zero-order valence-electron chi connectivity index (χ0n) is 13.4. The maximum absolute atomic E-state index is 4.35. The molecule has 1 unspecified atom stereocenters. The minimum Gasteiger partial charge on any atom is -0.310 e. The third-order valence-corrected chi connectivity index (χ3v) is 4.90. The lowest BCUT2D eigenvalue weighted by Crippen LogP contribution is -2.31. The van der Waals surface area contributed by atoms with Gasteiger partial charge in [0.1, 0.15) is 0 Å². The van der Waals surface area contributed by atoms with Crippen molar-refractivity contribution in [2.45, 2.75) is 65.3 Å². The second-order valence-electron chi connectivity index (χ2n) is 6.34. The molecule has 1 aliphatic carbocycles. The highest BCUT2D eigenvalue weighted by atomic mass is 14.9. The highest BCUT2D eigenvalue weighted by Gasteiger charge is 2.28. The van der Waals surface area contributed by atoms with Gasteiger partial charge in [-0.2, -0.15) is 0 Å². The maximum Gasteiger partial charge on any atom is 0.0366 e. The largest absolute Gasteiger partial charge is 0.310 e. The lowest BCUT2D eigenvalue weighted by Gasteiger charge is -2.35. The van der Waals surface area contributed by atoms with Gasteiger partial charge in [-0.05, 0) is 55.3 Å². The molecule has 2 rings (SSSR count). The molecule has 0 radical (unpaired) electrons. The van der Waals surface area contributed by atoms with Crippen LogP contribution in [-0.2, 0) is 0 Å². The molecule has 1 atom stereocenters. The average molecular weight is 274 g/mol. The number of nitrogens with one attached hydrogen (secondary N) is 1. The van der Waals surface area contributed by atoms with Gasteiger partial charge in [0.2, 0.25) is 0 Å². The van der Waals surface area contributed by atoms with Crippen LogP contribution in [0.5, 0.6) is 0 Å². The van der Waals surface area contributed by atoms with Gasteiger partial charge in [0, 0.05) is 18.4 Å². The molecule has 0 aliphatic heterocycles. The molecule has 2 heteroatoms. The molecule has 1 heterocycles. The zero-order chi connectivity index (χ0) is 14.4. The summed E-state index contributed by atoms with van der Waals surface area (Å²) in [4.78, 5) is 4.35. The van der Waals surface area contributed by atoms with Gasteiger partial charge in [-0.3, -0.25) is 4.98 Å². The predicted molar refractivity (Wildman–Crippen MR) is 85.7 cm³/mol. The molecular formula is C18H30N2. The van der Waals surface area contributed by atoms with Gasteiger partial charge in [-0.15, -0.1) is 0 Å². The first kappa shape index (κ1) is 15.5. The van der Waals surface area contributed by atoms with Crippen molar-refractivity contribution in [3.8, 4) is 0 Å². The Bertz CT molecular complexity index is 394. The van der Waals surface area contributed by atoms with Crippen LogP contribution in [0.25, 0.3) is 0 Å². The molecule has 1 fully saturated rings. The van der Waals surface area contributed by atoms with Crippen LogP contribution in [0.4, 0.5) is 0 Å². The molecule has 2 nitrogen and oxygen atoms in total. The Hall–Kier alpha value is -0.890. The van der Waals surface area contributed by atoms with E-state index in [2.05, 4.69) is 43.3 Å². The van der Waals surface area contributed by atoms with Crippen molar-refractivity contribution in [3.63, 3.8) is 0 Å². The molecular weight excluding hydrogens is 244 g/mol. The molecule has 20 heavy (non-hydrogen) atoms. The van der Waals surface area contributed by atoms with Crippen LogP contribution in [0, 0.1) is 18.8 Å². The topological polar surface area (TPSA) is 24.9 Å². The monoisotopic (exact) mass is 274 g/mol. The SMILES string of the molecule is CCCC1CCC(C(NCC)c2cnccc2C)CC1. The van der Waals surface area contributed by atoms with E-state index < -0.39 is 0 Å². The summed E-state index contributed by atoms with van der Waals surface area (Å²) in [6.45, 7) is 7.77. The van der Waals surface area contributed by atoms with Gasteiger partial charge >= 0.3 is 0 Å². The van der Waals surface area contributed by atoms with E-state index >= 15 is 0 Å². The minimum absolute atomic E-state index is 0.497. The third kappa shape index (κ3) is 3.82. The standard InChI is InChI=1S/C18H30N2/c1-4-6-15-7-9-16(10-8-15)18(20-5-2)17-13-19-12-11-14(17)3/h11-13,15-16,18,20H,4-10H2,1-3H3. The fourth-order valence-corrected chi connectivity index (χ4v) is 3.77. The molecule has 1 N–H and O–H groups in total. The summed E-state index contributed by atoms with van der Waals surface area (Å²) in [7, 11) is 0. The van der Waals surface area contributed by atoms with Crippen molar-refractivity contribution >= 4 is 0 Å². The van der Waals surface area contributed by atoms with E-state index in [1.165, 1.54) is 49.7 Å². The van der Waals surface area contributed by atoms with Crippen molar-refractivity contribution in [2.24, 2.45) is 11.8 Å². The fourth-order valence-electron chi connectivity index (χ4n) is 3.77. The fraction of sp³-hybridized carbons (Fsp3) is 0.722. The van der Waals surface area contributed by atoms with Crippen molar-refractivity contribution in [1.82, 2.24) is 10.3 Å². The van der Waals surface area contributed by atoms with Crippen molar-refractivity contribution in [1.29, 1.82) is 0 Å². The van der Waals surface area contributed by atoms with Gasteiger partial charge in [0.25, 0.3) is 0 Å². The highest BCUT2D eigenvalue weighted by Crippen LogP contribution is 2.38. The quantitative estimate of drug-likeness (QED) is 0.817. The van der Waals surface area contributed by atoms with Crippen molar-refractivity contribution in [3.05, 3.63) is 29.6 Å². The molecule has 1 aromatic heterocycles. The number of aryl methyl sites for hydroxylation is 1. The second-order valence-corrected chi connectivity index (χ2v) is 6.34. The Morgan fingerprint density at radius 1 is 1.25 bits per heavy atom. The Balaban J connectivity index is 2.05. The second kappa shape index (κ2) is 7.78. The lowest BCUT2D eigenvalue weighted by atomic mass is 9.75. The number of hydrogen-bond donors (Lipinski definition) is 1. The van der Waals surface area contributed by atoms with Crippen LogP contribution in [0.1, 0.15) is 69.5 Å². The molecule has 0 aromatic carbocycles. The Kier molecular flexibility index (Phi) is 6.03. The molecule has 112 valence electrons. The van der Waals surface area contributed by atoms with Crippen LogP contribution in [0.15, 0.2) is 18.5 Å². The Morgan fingerprint density at radius 2 is 2.00 bits per heavy atom. The van der Waals surface area contributed by atoms with Crippen LogP contribution in [-0.4, -0.2) is 11.5 Å². The molecule has 1 aliphatic rings. The van der Waals surface area contributed by atoms with E-state index in [0.29, 0.717) is 6.04 Å².